The molecule has 2 heterocycles. The Morgan fingerprint density at radius 3 is 3.04 bits per heavy atom. The van der Waals surface area contributed by atoms with Gasteiger partial charge in [-0.1, -0.05) is 12.1 Å². The maximum absolute atomic E-state index is 12.5. The average molecular weight is 414 g/mol. The van der Waals surface area contributed by atoms with Gasteiger partial charge in [-0.2, -0.15) is 11.8 Å². The molecule has 2 aromatic heterocycles. The number of aryl methyl sites for hydroxylation is 3. The molecule has 0 bridgehead atoms. The summed E-state index contributed by atoms with van der Waals surface area (Å²) in [6.45, 7) is 4.05. The van der Waals surface area contributed by atoms with Crippen molar-refractivity contribution in [3.05, 3.63) is 55.9 Å². The number of rotatable bonds is 6. The SMILES string of the molecule is Cc1cccc(NC(=O)CCSCc2nc3sc4c(c3c(=O)[nH]2)CCC4)c1C. The highest BCUT2D eigenvalue weighted by molar-refractivity contribution is 7.98. The van der Waals surface area contributed by atoms with Gasteiger partial charge in [-0.15, -0.1) is 11.3 Å². The minimum Gasteiger partial charge on any atom is -0.326 e. The number of aromatic nitrogens is 2. The van der Waals surface area contributed by atoms with Crippen LogP contribution in [0.25, 0.3) is 10.2 Å². The molecular weight excluding hydrogens is 390 g/mol. The lowest BCUT2D eigenvalue weighted by Gasteiger charge is -2.10. The first-order chi connectivity index (χ1) is 13.5. The van der Waals surface area contributed by atoms with Gasteiger partial charge in [-0.25, -0.2) is 4.98 Å². The Morgan fingerprint density at radius 2 is 2.18 bits per heavy atom. The number of amides is 1. The Kier molecular flexibility index (Phi) is 5.55. The molecule has 0 spiro atoms. The van der Waals surface area contributed by atoms with Crippen molar-refractivity contribution in [1.82, 2.24) is 9.97 Å². The summed E-state index contributed by atoms with van der Waals surface area (Å²) in [6, 6.07) is 5.91. The molecule has 1 aliphatic carbocycles. The third-order valence-corrected chi connectivity index (χ3v) is 7.37. The number of nitrogens with one attached hydrogen (secondary N) is 2. The topological polar surface area (TPSA) is 74.8 Å². The molecule has 1 aromatic carbocycles. The number of aromatic amines is 1. The second kappa shape index (κ2) is 8.09. The van der Waals surface area contributed by atoms with Crippen molar-refractivity contribution in [3.8, 4) is 0 Å². The molecule has 0 unspecified atom stereocenters. The van der Waals surface area contributed by atoms with Crippen LogP contribution in [0.5, 0.6) is 0 Å². The van der Waals surface area contributed by atoms with Gasteiger partial charge >= 0.3 is 0 Å². The summed E-state index contributed by atoms with van der Waals surface area (Å²) in [4.78, 5) is 34.4. The number of carbonyl (C=O) groups is 1. The van der Waals surface area contributed by atoms with Crippen LogP contribution >= 0.6 is 23.1 Å². The number of anilines is 1. The lowest BCUT2D eigenvalue weighted by Crippen LogP contribution is -2.14. The predicted molar refractivity (Wildman–Crippen MR) is 118 cm³/mol. The first-order valence-corrected chi connectivity index (χ1v) is 11.5. The van der Waals surface area contributed by atoms with Crippen molar-refractivity contribution < 1.29 is 4.79 Å². The highest BCUT2D eigenvalue weighted by Gasteiger charge is 2.21. The maximum Gasteiger partial charge on any atom is 0.259 e. The van der Waals surface area contributed by atoms with E-state index < -0.39 is 0 Å². The zero-order valence-corrected chi connectivity index (χ0v) is 17.7. The average Bonchev–Trinajstić information content (AvgIpc) is 3.23. The minimum absolute atomic E-state index is 0.00721. The van der Waals surface area contributed by atoms with Gasteiger partial charge < -0.3 is 10.3 Å². The van der Waals surface area contributed by atoms with E-state index in [2.05, 4.69) is 15.3 Å². The van der Waals surface area contributed by atoms with Crippen LogP contribution in [0, 0.1) is 13.8 Å². The zero-order chi connectivity index (χ0) is 19.7. The molecule has 2 N–H and O–H groups in total. The van der Waals surface area contributed by atoms with Crippen LogP contribution in [0.1, 0.15) is 40.2 Å². The molecule has 146 valence electrons. The molecule has 0 saturated heterocycles. The van der Waals surface area contributed by atoms with E-state index in [4.69, 9.17) is 0 Å². The molecule has 28 heavy (non-hydrogen) atoms. The molecule has 0 saturated carbocycles. The quantitative estimate of drug-likeness (QED) is 0.589. The van der Waals surface area contributed by atoms with E-state index >= 15 is 0 Å². The van der Waals surface area contributed by atoms with Gasteiger partial charge in [0.15, 0.2) is 0 Å². The molecule has 0 atom stereocenters. The smallest absolute Gasteiger partial charge is 0.259 e. The maximum atomic E-state index is 12.5. The number of thioether (sulfide) groups is 1. The summed E-state index contributed by atoms with van der Waals surface area (Å²) in [5.74, 6) is 1.98. The summed E-state index contributed by atoms with van der Waals surface area (Å²) in [5, 5.41) is 3.77. The van der Waals surface area contributed by atoms with E-state index in [1.807, 2.05) is 32.0 Å². The number of carbonyl (C=O) groups excluding carboxylic acids is 1. The van der Waals surface area contributed by atoms with Crippen LogP contribution in [0.2, 0.25) is 0 Å². The highest BCUT2D eigenvalue weighted by atomic mass is 32.2. The molecule has 0 aliphatic heterocycles. The monoisotopic (exact) mass is 413 g/mol. The van der Waals surface area contributed by atoms with Crippen LogP contribution in [0.15, 0.2) is 23.0 Å². The van der Waals surface area contributed by atoms with Crippen molar-refractivity contribution in [2.45, 2.75) is 45.3 Å². The van der Waals surface area contributed by atoms with Crippen molar-refractivity contribution in [3.63, 3.8) is 0 Å². The summed E-state index contributed by atoms with van der Waals surface area (Å²) >= 11 is 3.27. The first-order valence-electron chi connectivity index (χ1n) is 9.50. The fourth-order valence-electron chi connectivity index (χ4n) is 3.55. The second-order valence-corrected chi connectivity index (χ2v) is 9.34. The Hall–Kier alpha value is -2.12. The molecule has 4 rings (SSSR count). The Balaban J connectivity index is 1.32. The van der Waals surface area contributed by atoms with Gasteiger partial charge in [0.1, 0.15) is 10.7 Å². The molecule has 7 heteroatoms. The fourth-order valence-corrected chi connectivity index (χ4v) is 5.63. The van der Waals surface area contributed by atoms with Gasteiger partial charge in [-0.05, 0) is 55.9 Å². The molecule has 0 fully saturated rings. The Bertz CT molecular complexity index is 1100. The molecule has 0 radical (unpaired) electrons. The van der Waals surface area contributed by atoms with Crippen LogP contribution in [0.3, 0.4) is 0 Å². The van der Waals surface area contributed by atoms with Gasteiger partial charge in [0.25, 0.3) is 5.56 Å². The first kappa shape index (κ1) is 19.2. The van der Waals surface area contributed by atoms with Gasteiger partial charge in [0.2, 0.25) is 5.91 Å². The van der Waals surface area contributed by atoms with Crippen LogP contribution in [0.4, 0.5) is 5.69 Å². The van der Waals surface area contributed by atoms with Gasteiger partial charge in [0.05, 0.1) is 11.1 Å². The van der Waals surface area contributed by atoms with E-state index in [1.54, 1.807) is 23.1 Å². The predicted octanol–water partition coefficient (Wildman–Crippen LogP) is 4.35. The number of fused-ring (bicyclic) bond motifs is 3. The van der Waals surface area contributed by atoms with E-state index in [1.165, 1.54) is 10.4 Å². The van der Waals surface area contributed by atoms with Crippen LogP contribution in [-0.2, 0) is 23.4 Å². The normalized spacial score (nSPS) is 13.1. The number of H-pyrrole nitrogens is 1. The van der Waals surface area contributed by atoms with Crippen molar-refractivity contribution >= 4 is 44.9 Å². The molecular formula is C21H23N3O2S2. The van der Waals surface area contributed by atoms with Gasteiger partial charge in [-0.3, -0.25) is 9.59 Å². The lowest BCUT2D eigenvalue weighted by atomic mass is 10.1. The number of thiophene rings is 1. The number of nitrogens with zero attached hydrogens (tertiary/aromatic N) is 1. The summed E-state index contributed by atoms with van der Waals surface area (Å²) in [5.41, 5.74) is 4.32. The zero-order valence-electron chi connectivity index (χ0n) is 16.1. The van der Waals surface area contributed by atoms with Crippen molar-refractivity contribution in [2.24, 2.45) is 0 Å². The minimum atomic E-state index is -0.0207. The second-order valence-electron chi connectivity index (χ2n) is 7.15. The Morgan fingerprint density at radius 1 is 1.32 bits per heavy atom. The molecule has 1 aliphatic rings. The summed E-state index contributed by atoms with van der Waals surface area (Å²) < 4.78 is 0. The number of hydrogen-bond acceptors (Lipinski definition) is 5. The van der Waals surface area contributed by atoms with Crippen molar-refractivity contribution in [1.29, 1.82) is 0 Å². The summed E-state index contributed by atoms with van der Waals surface area (Å²) in [7, 11) is 0. The van der Waals surface area contributed by atoms with E-state index in [-0.39, 0.29) is 11.5 Å². The standard InChI is InChI=1S/C21H23N3O2S2/c1-12-5-3-7-15(13(12)2)22-18(25)9-10-27-11-17-23-20(26)19-14-6-4-8-16(14)28-21(19)24-17/h3,5,7H,4,6,8-11H2,1-2H3,(H,22,25)(H,23,24,26). The van der Waals surface area contributed by atoms with E-state index in [9.17, 15) is 9.59 Å². The molecule has 3 aromatic rings. The van der Waals surface area contributed by atoms with Gasteiger partial charge in [0, 0.05) is 22.7 Å². The number of benzene rings is 1. The molecule has 1 amide bonds. The molecule has 5 nitrogen and oxygen atoms in total. The van der Waals surface area contributed by atoms with Crippen LogP contribution < -0.4 is 10.9 Å². The number of hydrogen-bond donors (Lipinski definition) is 2. The lowest BCUT2D eigenvalue weighted by molar-refractivity contribution is -0.115. The Labute approximate surface area is 172 Å². The van der Waals surface area contributed by atoms with E-state index in [0.717, 1.165) is 46.3 Å². The van der Waals surface area contributed by atoms with Crippen molar-refractivity contribution in [2.75, 3.05) is 11.1 Å². The fraction of sp³-hybridized carbons (Fsp3) is 0.381. The summed E-state index contributed by atoms with van der Waals surface area (Å²) in [6.07, 6.45) is 3.62. The van der Waals surface area contributed by atoms with E-state index in [0.29, 0.717) is 23.8 Å². The van der Waals surface area contributed by atoms with Crippen LogP contribution in [-0.4, -0.2) is 21.6 Å². The highest BCUT2D eigenvalue weighted by Crippen LogP contribution is 2.34. The largest absolute Gasteiger partial charge is 0.326 e. The third-order valence-electron chi connectivity index (χ3n) is 5.22. The third kappa shape index (κ3) is 3.86.